The average molecular weight is 332 g/mol. The van der Waals surface area contributed by atoms with Crippen molar-refractivity contribution in [1.29, 1.82) is 0 Å². The first-order chi connectivity index (χ1) is 11.2. The summed E-state index contributed by atoms with van der Waals surface area (Å²) in [6, 6.07) is 7.90. The van der Waals surface area contributed by atoms with Gasteiger partial charge in [0.25, 0.3) is 0 Å². The molecule has 0 bridgehead atoms. The highest BCUT2D eigenvalue weighted by molar-refractivity contribution is 7.13. The molecule has 0 spiro atoms. The number of aromatic nitrogens is 1. The van der Waals surface area contributed by atoms with E-state index in [1.165, 1.54) is 0 Å². The highest BCUT2D eigenvalue weighted by atomic mass is 32.1. The minimum absolute atomic E-state index is 0.186. The SMILES string of the molecule is COc1cccc(-c2nc(CN3CCC(C(=O)O)CC3)cs2)c1. The molecule has 0 atom stereocenters. The summed E-state index contributed by atoms with van der Waals surface area (Å²) in [6.45, 7) is 2.43. The lowest BCUT2D eigenvalue weighted by Crippen LogP contribution is -2.35. The molecule has 0 unspecified atom stereocenters. The summed E-state index contributed by atoms with van der Waals surface area (Å²) in [5.74, 6) is -0.0253. The molecule has 0 saturated carbocycles. The van der Waals surface area contributed by atoms with E-state index in [1.807, 2.05) is 24.3 Å². The summed E-state index contributed by atoms with van der Waals surface area (Å²) in [4.78, 5) is 18.0. The number of thiazole rings is 1. The quantitative estimate of drug-likeness (QED) is 0.911. The van der Waals surface area contributed by atoms with Crippen molar-refractivity contribution >= 4 is 17.3 Å². The van der Waals surface area contributed by atoms with E-state index in [-0.39, 0.29) is 5.92 Å². The summed E-state index contributed by atoms with van der Waals surface area (Å²) >= 11 is 1.63. The van der Waals surface area contributed by atoms with Gasteiger partial charge in [-0.05, 0) is 38.1 Å². The highest BCUT2D eigenvalue weighted by Crippen LogP contribution is 2.28. The third-order valence-corrected chi connectivity index (χ3v) is 5.13. The molecule has 1 N–H and O–H groups in total. The van der Waals surface area contributed by atoms with E-state index in [0.29, 0.717) is 0 Å². The smallest absolute Gasteiger partial charge is 0.306 e. The fourth-order valence-corrected chi connectivity index (χ4v) is 3.64. The molecule has 0 amide bonds. The molecule has 1 saturated heterocycles. The Labute approximate surface area is 139 Å². The second kappa shape index (κ2) is 7.10. The summed E-state index contributed by atoms with van der Waals surface area (Å²) in [5, 5.41) is 12.1. The van der Waals surface area contributed by atoms with E-state index in [4.69, 9.17) is 14.8 Å². The third kappa shape index (κ3) is 3.89. The van der Waals surface area contributed by atoms with Crippen LogP contribution in [0.25, 0.3) is 10.6 Å². The van der Waals surface area contributed by atoms with Crippen molar-refractivity contribution in [1.82, 2.24) is 9.88 Å². The van der Waals surface area contributed by atoms with Gasteiger partial charge in [0.15, 0.2) is 0 Å². The Kier molecular flexibility index (Phi) is 4.93. The summed E-state index contributed by atoms with van der Waals surface area (Å²) in [5.41, 5.74) is 2.10. The Bertz CT molecular complexity index is 678. The molecule has 2 aromatic rings. The zero-order chi connectivity index (χ0) is 16.2. The number of carboxylic acids is 1. The number of likely N-dealkylation sites (tertiary alicyclic amines) is 1. The summed E-state index contributed by atoms with van der Waals surface area (Å²) in [6.07, 6.45) is 1.45. The van der Waals surface area contributed by atoms with E-state index in [0.717, 1.165) is 54.5 Å². The number of methoxy groups -OCH3 is 1. The second-order valence-corrected chi connectivity index (χ2v) is 6.62. The van der Waals surface area contributed by atoms with Gasteiger partial charge < -0.3 is 9.84 Å². The van der Waals surface area contributed by atoms with Crippen molar-refractivity contribution in [2.24, 2.45) is 5.92 Å². The van der Waals surface area contributed by atoms with E-state index in [9.17, 15) is 4.79 Å². The molecule has 0 aliphatic carbocycles. The molecule has 1 aromatic carbocycles. The van der Waals surface area contributed by atoms with Crippen LogP contribution in [-0.2, 0) is 11.3 Å². The molecule has 23 heavy (non-hydrogen) atoms. The summed E-state index contributed by atoms with van der Waals surface area (Å²) < 4.78 is 5.25. The lowest BCUT2D eigenvalue weighted by atomic mass is 9.97. The first-order valence-corrected chi connectivity index (χ1v) is 8.57. The lowest BCUT2D eigenvalue weighted by Gasteiger charge is -2.29. The highest BCUT2D eigenvalue weighted by Gasteiger charge is 2.24. The molecule has 1 aliphatic rings. The monoisotopic (exact) mass is 332 g/mol. The van der Waals surface area contributed by atoms with Crippen molar-refractivity contribution in [2.75, 3.05) is 20.2 Å². The van der Waals surface area contributed by atoms with Crippen LogP contribution in [0.3, 0.4) is 0 Å². The molecule has 1 aromatic heterocycles. The second-order valence-electron chi connectivity index (χ2n) is 5.76. The predicted octanol–water partition coefficient (Wildman–Crippen LogP) is 3.12. The van der Waals surface area contributed by atoms with Crippen molar-refractivity contribution < 1.29 is 14.6 Å². The number of ether oxygens (including phenoxy) is 1. The van der Waals surface area contributed by atoms with Crippen LogP contribution >= 0.6 is 11.3 Å². The number of hydrogen-bond acceptors (Lipinski definition) is 5. The molecule has 5 nitrogen and oxygen atoms in total. The largest absolute Gasteiger partial charge is 0.497 e. The van der Waals surface area contributed by atoms with Gasteiger partial charge in [0.1, 0.15) is 10.8 Å². The van der Waals surface area contributed by atoms with Gasteiger partial charge >= 0.3 is 5.97 Å². The normalized spacial score (nSPS) is 16.4. The van der Waals surface area contributed by atoms with Crippen LogP contribution in [0, 0.1) is 5.92 Å². The minimum Gasteiger partial charge on any atom is -0.497 e. The van der Waals surface area contributed by atoms with E-state index in [1.54, 1.807) is 18.4 Å². The lowest BCUT2D eigenvalue weighted by molar-refractivity contribution is -0.143. The average Bonchev–Trinajstić information content (AvgIpc) is 3.04. The number of benzene rings is 1. The van der Waals surface area contributed by atoms with E-state index >= 15 is 0 Å². The first kappa shape index (κ1) is 16.0. The zero-order valence-corrected chi connectivity index (χ0v) is 13.9. The number of hydrogen-bond donors (Lipinski definition) is 1. The van der Waals surface area contributed by atoms with Crippen LogP contribution in [0.1, 0.15) is 18.5 Å². The topological polar surface area (TPSA) is 62.7 Å². The predicted molar refractivity (Wildman–Crippen MR) is 89.7 cm³/mol. The van der Waals surface area contributed by atoms with Gasteiger partial charge in [-0.25, -0.2) is 4.98 Å². The molecule has 122 valence electrons. The van der Waals surface area contributed by atoms with Gasteiger partial charge in [-0.2, -0.15) is 0 Å². The Morgan fingerprint density at radius 2 is 2.22 bits per heavy atom. The molecule has 1 fully saturated rings. The van der Waals surface area contributed by atoms with Gasteiger partial charge in [0.05, 0.1) is 18.7 Å². The fraction of sp³-hybridized carbons (Fsp3) is 0.412. The number of aliphatic carboxylic acids is 1. The molecule has 0 radical (unpaired) electrons. The zero-order valence-electron chi connectivity index (χ0n) is 13.1. The molecule has 1 aliphatic heterocycles. The van der Waals surface area contributed by atoms with Crippen LogP contribution in [0.2, 0.25) is 0 Å². The Morgan fingerprint density at radius 3 is 2.91 bits per heavy atom. The van der Waals surface area contributed by atoms with Gasteiger partial charge in [0.2, 0.25) is 0 Å². The van der Waals surface area contributed by atoms with Crippen LogP contribution in [0.5, 0.6) is 5.75 Å². The number of piperidine rings is 1. The Morgan fingerprint density at radius 1 is 1.43 bits per heavy atom. The van der Waals surface area contributed by atoms with Crippen molar-refractivity contribution in [2.45, 2.75) is 19.4 Å². The van der Waals surface area contributed by atoms with Gasteiger partial charge in [0, 0.05) is 17.5 Å². The van der Waals surface area contributed by atoms with Crippen LogP contribution in [0.4, 0.5) is 0 Å². The van der Waals surface area contributed by atoms with Crippen LogP contribution in [0.15, 0.2) is 29.6 Å². The fourth-order valence-electron chi connectivity index (χ4n) is 2.84. The standard InChI is InChI=1S/C17H20N2O3S/c1-22-15-4-2-3-13(9-15)16-18-14(11-23-16)10-19-7-5-12(6-8-19)17(20)21/h2-4,9,11-12H,5-8,10H2,1H3,(H,20,21). The van der Waals surface area contributed by atoms with Crippen molar-refractivity contribution in [3.63, 3.8) is 0 Å². The molecular weight excluding hydrogens is 312 g/mol. The van der Waals surface area contributed by atoms with Gasteiger partial charge in [-0.3, -0.25) is 9.69 Å². The molecule has 6 heteroatoms. The van der Waals surface area contributed by atoms with Crippen LogP contribution < -0.4 is 4.74 Å². The first-order valence-electron chi connectivity index (χ1n) is 7.69. The maximum Gasteiger partial charge on any atom is 0.306 e. The number of carboxylic acid groups (broad SMARTS) is 1. The van der Waals surface area contributed by atoms with Crippen molar-refractivity contribution in [3.05, 3.63) is 35.3 Å². The molecular formula is C17H20N2O3S. The van der Waals surface area contributed by atoms with Gasteiger partial charge in [-0.15, -0.1) is 11.3 Å². The maximum absolute atomic E-state index is 11.0. The summed E-state index contributed by atoms with van der Waals surface area (Å²) in [7, 11) is 1.66. The molecule has 3 rings (SSSR count). The van der Waals surface area contributed by atoms with E-state index in [2.05, 4.69) is 10.3 Å². The minimum atomic E-state index is -0.668. The Hall–Kier alpha value is -1.92. The van der Waals surface area contributed by atoms with E-state index < -0.39 is 5.97 Å². The third-order valence-electron chi connectivity index (χ3n) is 4.19. The number of rotatable bonds is 5. The van der Waals surface area contributed by atoms with Crippen LogP contribution in [-0.4, -0.2) is 41.2 Å². The number of carbonyl (C=O) groups is 1. The van der Waals surface area contributed by atoms with Crippen molar-refractivity contribution in [3.8, 4) is 16.3 Å². The molecule has 2 heterocycles. The Balaban J connectivity index is 1.62. The maximum atomic E-state index is 11.0. The van der Waals surface area contributed by atoms with Gasteiger partial charge in [-0.1, -0.05) is 12.1 Å². The number of nitrogens with zero attached hydrogens (tertiary/aromatic N) is 2.